The number of carbonyl (C=O) groups excluding carboxylic acids is 1. The molecule has 0 aliphatic heterocycles. The predicted molar refractivity (Wildman–Crippen MR) is 112 cm³/mol. The Bertz CT molecular complexity index is 984. The molecule has 3 rings (SSSR count). The van der Waals surface area contributed by atoms with Crippen molar-refractivity contribution < 1.29 is 9.53 Å². The number of anilines is 1. The van der Waals surface area contributed by atoms with E-state index in [-0.39, 0.29) is 17.1 Å². The minimum Gasteiger partial charge on any atom is -0.491 e. The number of benzene rings is 2. The average Bonchev–Trinajstić information content (AvgIpc) is 2.61. The third kappa shape index (κ3) is 4.80. The van der Waals surface area contributed by atoms with E-state index in [9.17, 15) is 4.79 Å². The smallest absolute Gasteiger partial charge is 0.257 e. The molecule has 0 saturated heterocycles. The van der Waals surface area contributed by atoms with Crippen LogP contribution in [0.5, 0.6) is 5.75 Å². The lowest BCUT2D eigenvalue weighted by Gasteiger charge is -2.13. The lowest BCUT2D eigenvalue weighted by atomic mass is 10.1. The molecule has 27 heavy (non-hydrogen) atoms. The molecule has 0 saturated carbocycles. The second-order valence-corrected chi connectivity index (χ2v) is 6.83. The highest BCUT2D eigenvalue weighted by molar-refractivity contribution is 7.80. The molecule has 2 N–H and O–H groups in total. The number of hydrogen-bond donors (Lipinski definition) is 2. The molecule has 0 bridgehead atoms. The Morgan fingerprint density at radius 3 is 2.52 bits per heavy atom. The van der Waals surface area contributed by atoms with Gasteiger partial charge in [-0.2, -0.15) is 0 Å². The van der Waals surface area contributed by atoms with Gasteiger partial charge in [0.25, 0.3) is 5.91 Å². The summed E-state index contributed by atoms with van der Waals surface area (Å²) in [7, 11) is 0. The zero-order valence-electron chi connectivity index (χ0n) is 15.4. The van der Waals surface area contributed by atoms with Crippen LogP contribution in [0.1, 0.15) is 29.9 Å². The van der Waals surface area contributed by atoms with Gasteiger partial charge in [0.15, 0.2) is 5.11 Å². The summed E-state index contributed by atoms with van der Waals surface area (Å²) in [4.78, 5) is 16.9. The van der Waals surface area contributed by atoms with Crippen LogP contribution in [0, 0.1) is 6.92 Å². The number of pyridine rings is 1. The molecule has 6 heteroatoms. The molecule has 1 amide bonds. The third-order valence-electron chi connectivity index (χ3n) is 3.83. The Morgan fingerprint density at radius 2 is 1.81 bits per heavy atom. The number of nitrogens with zero attached hydrogens (tertiary/aromatic N) is 1. The van der Waals surface area contributed by atoms with Gasteiger partial charge >= 0.3 is 0 Å². The topological polar surface area (TPSA) is 63.2 Å². The average molecular weight is 379 g/mol. The van der Waals surface area contributed by atoms with Crippen molar-refractivity contribution in [2.24, 2.45) is 0 Å². The van der Waals surface area contributed by atoms with Crippen molar-refractivity contribution in [3.05, 3.63) is 65.9 Å². The maximum Gasteiger partial charge on any atom is 0.257 e. The van der Waals surface area contributed by atoms with Crippen LogP contribution >= 0.6 is 12.2 Å². The fourth-order valence-electron chi connectivity index (χ4n) is 2.65. The normalized spacial score (nSPS) is 10.7. The number of ether oxygens (including phenoxy) is 1. The van der Waals surface area contributed by atoms with E-state index in [1.807, 2.05) is 51.1 Å². The van der Waals surface area contributed by atoms with Gasteiger partial charge in [0.2, 0.25) is 0 Å². The Morgan fingerprint density at radius 1 is 1.07 bits per heavy atom. The summed E-state index contributed by atoms with van der Waals surface area (Å²) >= 11 is 5.30. The van der Waals surface area contributed by atoms with Crippen LogP contribution in [0.4, 0.5) is 5.69 Å². The molecule has 2 aromatic carbocycles. The number of thiocarbonyl (C=S) groups is 1. The maximum absolute atomic E-state index is 12.4. The second kappa shape index (κ2) is 8.14. The summed E-state index contributed by atoms with van der Waals surface area (Å²) in [6.45, 7) is 5.85. The van der Waals surface area contributed by atoms with Crippen molar-refractivity contribution >= 4 is 39.8 Å². The summed E-state index contributed by atoms with van der Waals surface area (Å²) in [5.41, 5.74) is 3.12. The van der Waals surface area contributed by atoms with E-state index in [2.05, 4.69) is 15.6 Å². The summed E-state index contributed by atoms with van der Waals surface area (Å²) in [5, 5.41) is 6.95. The first-order valence-electron chi connectivity index (χ1n) is 8.68. The van der Waals surface area contributed by atoms with Gasteiger partial charge in [-0.1, -0.05) is 6.07 Å². The Kier molecular flexibility index (Phi) is 5.66. The van der Waals surface area contributed by atoms with Crippen LogP contribution < -0.4 is 15.4 Å². The lowest BCUT2D eigenvalue weighted by Crippen LogP contribution is -2.34. The van der Waals surface area contributed by atoms with Gasteiger partial charge in [-0.15, -0.1) is 0 Å². The van der Waals surface area contributed by atoms with E-state index < -0.39 is 0 Å². The van der Waals surface area contributed by atoms with Crippen LogP contribution in [0.25, 0.3) is 10.9 Å². The quantitative estimate of drug-likeness (QED) is 0.656. The van der Waals surface area contributed by atoms with Crippen molar-refractivity contribution in [3.63, 3.8) is 0 Å². The first-order chi connectivity index (χ1) is 12.9. The van der Waals surface area contributed by atoms with Crippen LogP contribution in [0.3, 0.4) is 0 Å². The number of aromatic nitrogens is 1. The Balaban J connectivity index is 1.68. The molecule has 0 atom stereocenters. The summed E-state index contributed by atoms with van der Waals surface area (Å²) < 4.78 is 5.58. The van der Waals surface area contributed by atoms with Crippen molar-refractivity contribution in [2.45, 2.75) is 26.9 Å². The van der Waals surface area contributed by atoms with Crippen LogP contribution in [-0.2, 0) is 0 Å². The molecule has 1 heterocycles. The minimum absolute atomic E-state index is 0.0837. The SMILES string of the molecule is Cc1ccc2c(NC(=S)NC(=O)c3ccc(OC(C)C)cc3)cccc2n1. The number of carbonyl (C=O) groups is 1. The van der Waals surface area contributed by atoms with Gasteiger partial charge in [0.1, 0.15) is 5.75 Å². The largest absolute Gasteiger partial charge is 0.491 e. The molecule has 0 spiro atoms. The van der Waals surface area contributed by atoms with E-state index in [0.717, 1.165) is 28.0 Å². The van der Waals surface area contributed by atoms with Gasteiger partial charge in [0, 0.05) is 22.3 Å². The van der Waals surface area contributed by atoms with Crippen LogP contribution in [0.15, 0.2) is 54.6 Å². The van der Waals surface area contributed by atoms with Crippen molar-refractivity contribution in [1.82, 2.24) is 10.3 Å². The van der Waals surface area contributed by atoms with Gasteiger partial charge in [-0.05, 0) is 81.5 Å². The van der Waals surface area contributed by atoms with Crippen molar-refractivity contribution in [1.29, 1.82) is 0 Å². The fourth-order valence-corrected chi connectivity index (χ4v) is 2.85. The van der Waals surface area contributed by atoms with E-state index >= 15 is 0 Å². The van der Waals surface area contributed by atoms with Crippen molar-refractivity contribution in [2.75, 3.05) is 5.32 Å². The third-order valence-corrected chi connectivity index (χ3v) is 4.04. The molecule has 3 aromatic rings. The molecule has 138 valence electrons. The van der Waals surface area contributed by atoms with E-state index in [4.69, 9.17) is 17.0 Å². The standard InChI is InChI=1S/C21H21N3O2S/c1-13(2)26-16-10-8-15(9-11-16)20(25)24-21(27)23-19-6-4-5-18-17(19)12-7-14(3)22-18/h4-13H,1-3H3,(H2,23,24,25,27). The summed E-state index contributed by atoms with van der Waals surface area (Å²) in [5.74, 6) is 0.443. The molecule has 0 radical (unpaired) electrons. The first kappa shape index (κ1) is 18.8. The minimum atomic E-state index is -0.280. The highest BCUT2D eigenvalue weighted by Gasteiger charge is 2.10. The van der Waals surface area contributed by atoms with Gasteiger partial charge < -0.3 is 10.1 Å². The lowest BCUT2D eigenvalue weighted by molar-refractivity contribution is 0.0977. The predicted octanol–water partition coefficient (Wildman–Crippen LogP) is 4.46. The van der Waals surface area contributed by atoms with Crippen molar-refractivity contribution in [3.8, 4) is 5.75 Å². The fraction of sp³-hybridized carbons (Fsp3) is 0.190. The summed E-state index contributed by atoms with van der Waals surface area (Å²) in [6.07, 6.45) is 0.0837. The zero-order valence-corrected chi connectivity index (χ0v) is 16.3. The summed E-state index contributed by atoms with van der Waals surface area (Å²) in [6, 6.07) is 16.6. The zero-order chi connectivity index (χ0) is 19.4. The van der Waals surface area contributed by atoms with Gasteiger partial charge in [0.05, 0.1) is 11.6 Å². The molecule has 0 aliphatic rings. The Labute approximate surface area is 163 Å². The van der Waals surface area contributed by atoms with E-state index in [1.165, 1.54) is 0 Å². The maximum atomic E-state index is 12.4. The number of fused-ring (bicyclic) bond motifs is 1. The number of aryl methyl sites for hydroxylation is 1. The molecule has 0 unspecified atom stereocenters. The molecule has 1 aromatic heterocycles. The molecule has 5 nitrogen and oxygen atoms in total. The molecule has 0 aliphatic carbocycles. The van der Waals surface area contributed by atoms with Crippen LogP contribution in [-0.4, -0.2) is 22.1 Å². The highest BCUT2D eigenvalue weighted by atomic mass is 32.1. The molecular formula is C21H21N3O2S. The second-order valence-electron chi connectivity index (χ2n) is 6.42. The number of hydrogen-bond acceptors (Lipinski definition) is 4. The highest BCUT2D eigenvalue weighted by Crippen LogP contribution is 2.22. The van der Waals surface area contributed by atoms with E-state index in [0.29, 0.717) is 5.56 Å². The Hall–Kier alpha value is -2.99. The number of amides is 1. The van der Waals surface area contributed by atoms with E-state index in [1.54, 1.807) is 24.3 Å². The number of rotatable bonds is 4. The monoisotopic (exact) mass is 379 g/mol. The number of nitrogens with one attached hydrogen (secondary N) is 2. The van der Waals surface area contributed by atoms with Gasteiger partial charge in [-0.25, -0.2) is 0 Å². The first-order valence-corrected chi connectivity index (χ1v) is 9.08. The molecule has 0 fully saturated rings. The van der Waals surface area contributed by atoms with Gasteiger partial charge in [-0.3, -0.25) is 15.1 Å². The molecular weight excluding hydrogens is 358 g/mol. The van der Waals surface area contributed by atoms with Crippen LogP contribution in [0.2, 0.25) is 0 Å².